The molecule has 0 atom stereocenters. The van der Waals surface area contributed by atoms with Crippen LogP contribution in [0.15, 0.2) is 104 Å². The minimum absolute atomic E-state index is 0.0306. The third kappa shape index (κ3) is 4.48. The molecule has 0 saturated heterocycles. The Balaban J connectivity index is 1.61. The van der Waals surface area contributed by atoms with Gasteiger partial charge in [-0.3, -0.25) is 4.79 Å². The van der Waals surface area contributed by atoms with Crippen molar-refractivity contribution in [2.24, 2.45) is 0 Å². The number of carbonyl (C=O) groups is 1. The zero-order valence-electron chi connectivity index (χ0n) is 18.9. The van der Waals surface area contributed by atoms with Crippen LogP contribution in [0.1, 0.15) is 47.8 Å². The third-order valence-corrected chi connectivity index (χ3v) is 5.86. The molecule has 1 heteroatoms. The molecular weight excluding hydrogens is 388 g/mol. The van der Waals surface area contributed by atoms with Gasteiger partial charge in [-0.1, -0.05) is 130 Å². The topological polar surface area (TPSA) is 17.1 Å². The van der Waals surface area contributed by atoms with Crippen molar-refractivity contribution in [3.63, 3.8) is 0 Å². The average molecular weight is 417 g/mol. The second kappa shape index (κ2) is 8.80. The van der Waals surface area contributed by atoms with Gasteiger partial charge in [0.05, 0.1) is 0 Å². The van der Waals surface area contributed by atoms with Crippen LogP contribution in [0.4, 0.5) is 0 Å². The Morgan fingerprint density at radius 3 is 1.78 bits per heavy atom. The van der Waals surface area contributed by atoms with Crippen LogP contribution in [0, 0.1) is 0 Å². The van der Waals surface area contributed by atoms with Crippen molar-refractivity contribution in [1.82, 2.24) is 0 Å². The lowest BCUT2D eigenvalue weighted by atomic mass is 9.86. The van der Waals surface area contributed by atoms with Gasteiger partial charge in [-0.2, -0.15) is 0 Å². The van der Waals surface area contributed by atoms with Crippen molar-refractivity contribution in [1.29, 1.82) is 0 Å². The summed E-state index contributed by atoms with van der Waals surface area (Å²) in [5.41, 5.74) is 8.12. The Morgan fingerprint density at radius 2 is 1.22 bits per heavy atom. The van der Waals surface area contributed by atoms with Crippen molar-refractivity contribution >= 4 is 11.9 Å². The third-order valence-electron chi connectivity index (χ3n) is 5.86. The number of benzene rings is 4. The van der Waals surface area contributed by atoms with Crippen molar-refractivity contribution in [2.45, 2.75) is 26.2 Å². The molecule has 0 amide bonds. The Morgan fingerprint density at radius 1 is 0.688 bits per heavy atom. The molecule has 0 aromatic heterocycles. The molecule has 4 aromatic rings. The smallest absolute Gasteiger partial charge is 0.193 e. The molecule has 158 valence electrons. The minimum atomic E-state index is 0.0306. The Labute approximate surface area is 191 Å². The molecule has 32 heavy (non-hydrogen) atoms. The van der Waals surface area contributed by atoms with Crippen molar-refractivity contribution in [2.75, 3.05) is 0 Å². The summed E-state index contributed by atoms with van der Waals surface area (Å²) in [6.07, 6.45) is 1.82. The first kappa shape index (κ1) is 21.5. The van der Waals surface area contributed by atoms with E-state index in [0.29, 0.717) is 11.1 Å². The zero-order chi connectivity index (χ0) is 22.7. The standard InChI is InChI=1S/C31H28O/c1-5-22-10-12-25(13-11-22)28-8-6-7-9-29(28)30(32)26-16-14-23(15-17-26)24-18-20-27(21-19-24)31(2,3)4/h5-21H,1H2,2-4H3. The molecule has 0 aliphatic carbocycles. The zero-order valence-corrected chi connectivity index (χ0v) is 18.9. The SMILES string of the molecule is C=Cc1ccc(-c2ccccc2C(=O)c2ccc(-c3ccc(C(C)(C)C)cc3)cc2)cc1. The van der Waals surface area contributed by atoms with Crippen LogP contribution >= 0.6 is 0 Å². The van der Waals surface area contributed by atoms with Gasteiger partial charge in [0.15, 0.2) is 5.78 Å². The summed E-state index contributed by atoms with van der Waals surface area (Å²) in [4.78, 5) is 13.4. The van der Waals surface area contributed by atoms with E-state index in [-0.39, 0.29) is 11.2 Å². The van der Waals surface area contributed by atoms with Gasteiger partial charge in [-0.25, -0.2) is 0 Å². The molecule has 0 fully saturated rings. The van der Waals surface area contributed by atoms with Crippen LogP contribution < -0.4 is 0 Å². The van der Waals surface area contributed by atoms with Crippen LogP contribution in [-0.2, 0) is 5.41 Å². The molecule has 4 aromatic carbocycles. The van der Waals surface area contributed by atoms with Gasteiger partial charge < -0.3 is 0 Å². The molecule has 1 nitrogen and oxygen atoms in total. The molecule has 0 spiro atoms. The number of rotatable bonds is 5. The second-order valence-electron chi connectivity index (χ2n) is 9.11. The largest absolute Gasteiger partial charge is 0.289 e. The molecule has 0 unspecified atom stereocenters. The first-order chi connectivity index (χ1) is 15.4. The second-order valence-corrected chi connectivity index (χ2v) is 9.11. The number of carbonyl (C=O) groups excluding carboxylic acids is 1. The molecule has 0 radical (unpaired) electrons. The van der Waals surface area contributed by atoms with E-state index in [4.69, 9.17) is 0 Å². The molecule has 0 saturated carbocycles. The molecule has 0 bridgehead atoms. The highest BCUT2D eigenvalue weighted by Gasteiger charge is 2.15. The molecule has 0 heterocycles. The highest BCUT2D eigenvalue weighted by Crippen LogP contribution is 2.29. The monoisotopic (exact) mass is 416 g/mol. The maximum atomic E-state index is 13.4. The predicted molar refractivity (Wildman–Crippen MR) is 136 cm³/mol. The highest BCUT2D eigenvalue weighted by molar-refractivity contribution is 6.13. The fourth-order valence-electron chi connectivity index (χ4n) is 3.86. The van der Waals surface area contributed by atoms with E-state index >= 15 is 0 Å². The molecule has 0 N–H and O–H groups in total. The van der Waals surface area contributed by atoms with Gasteiger partial charge >= 0.3 is 0 Å². The van der Waals surface area contributed by atoms with Crippen molar-refractivity contribution < 1.29 is 4.79 Å². The lowest BCUT2D eigenvalue weighted by Gasteiger charge is -2.19. The highest BCUT2D eigenvalue weighted by atomic mass is 16.1. The van der Waals surface area contributed by atoms with Gasteiger partial charge in [-0.05, 0) is 38.8 Å². The van der Waals surface area contributed by atoms with Crippen LogP contribution in [0.5, 0.6) is 0 Å². The van der Waals surface area contributed by atoms with E-state index in [1.165, 1.54) is 5.56 Å². The number of hydrogen-bond donors (Lipinski definition) is 0. The molecule has 0 aliphatic rings. The van der Waals surface area contributed by atoms with Crippen molar-refractivity contribution in [3.8, 4) is 22.3 Å². The summed E-state index contributed by atoms with van der Waals surface area (Å²) in [6.45, 7) is 10.5. The average Bonchev–Trinajstić information content (AvgIpc) is 2.83. The van der Waals surface area contributed by atoms with Gasteiger partial charge in [-0.15, -0.1) is 0 Å². The van der Waals surface area contributed by atoms with E-state index < -0.39 is 0 Å². The fraction of sp³-hybridized carbons (Fsp3) is 0.129. The maximum Gasteiger partial charge on any atom is 0.193 e. The summed E-state index contributed by atoms with van der Waals surface area (Å²) in [6, 6.07) is 32.5. The summed E-state index contributed by atoms with van der Waals surface area (Å²) < 4.78 is 0. The van der Waals surface area contributed by atoms with Crippen molar-refractivity contribution in [3.05, 3.63) is 126 Å². The van der Waals surface area contributed by atoms with Crippen LogP contribution in [0.3, 0.4) is 0 Å². The van der Waals surface area contributed by atoms with E-state index in [9.17, 15) is 4.79 Å². The van der Waals surface area contributed by atoms with E-state index in [1.807, 2.05) is 78.9 Å². The molecule has 4 rings (SSSR count). The van der Waals surface area contributed by atoms with E-state index in [1.54, 1.807) is 0 Å². The van der Waals surface area contributed by atoms with Crippen LogP contribution in [0.25, 0.3) is 28.3 Å². The summed E-state index contributed by atoms with van der Waals surface area (Å²) in [5.74, 6) is 0.0306. The van der Waals surface area contributed by atoms with Crippen LogP contribution in [-0.4, -0.2) is 5.78 Å². The lowest BCUT2D eigenvalue weighted by Crippen LogP contribution is -2.10. The van der Waals surface area contributed by atoms with Crippen LogP contribution in [0.2, 0.25) is 0 Å². The van der Waals surface area contributed by atoms with Gasteiger partial charge in [0.25, 0.3) is 0 Å². The quantitative estimate of drug-likeness (QED) is 0.300. The number of hydrogen-bond acceptors (Lipinski definition) is 1. The minimum Gasteiger partial charge on any atom is -0.289 e. The Kier molecular flexibility index (Phi) is 5.92. The predicted octanol–water partition coefficient (Wildman–Crippen LogP) is 8.19. The summed E-state index contributed by atoms with van der Waals surface area (Å²) >= 11 is 0. The van der Waals surface area contributed by atoms with Gasteiger partial charge in [0.1, 0.15) is 0 Å². The molecular formula is C31H28O. The normalized spacial score (nSPS) is 11.2. The lowest BCUT2D eigenvalue weighted by molar-refractivity contribution is 0.103. The van der Waals surface area contributed by atoms with E-state index in [2.05, 4.69) is 51.6 Å². The fourth-order valence-corrected chi connectivity index (χ4v) is 3.86. The summed E-state index contributed by atoms with van der Waals surface area (Å²) in [5, 5.41) is 0. The van der Waals surface area contributed by atoms with E-state index in [0.717, 1.165) is 27.8 Å². The number of ketones is 1. The molecule has 0 aliphatic heterocycles. The first-order valence-electron chi connectivity index (χ1n) is 10.9. The summed E-state index contributed by atoms with van der Waals surface area (Å²) in [7, 11) is 0. The Bertz CT molecular complexity index is 1240. The Hall–Kier alpha value is -3.71. The first-order valence-corrected chi connectivity index (χ1v) is 10.9. The van der Waals surface area contributed by atoms with Gasteiger partial charge in [0, 0.05) is 11.1 Å². The van der Waals surface area contributed by atoms with Gasteiger partial charge in [0.2, 0.25) is 0 Å². The maximum absolute atomic E-state index is 13.4.